The molecule has 5 nitrogen and oxygen atoms in total. The first kappa shape index (κ1) is 12.3. The normalized spacial score (nSPS) is 10.6. The summed E-state index contributed by atoms with van der Waals surface area (Å²) < 4.78 is 15.6. The molecule has 6 heteroatoms. The summed E-state index contributed by atoms with van der Waals surface area (Å²) in [5.41, 5.74) is 6.18. The van der Waals surface area contributed by atoms with E-state index in [4.69, 9.17) is 5.73 Å². The highest BCUT2D eigenvalue weighted by Crippen LogP contribution is 2.21. The summed E-state index contributed by atoms with van der Waals surface area (Å²) in [6, 6.07) is 5.99. The summed E-state index contributed by atoms with van der Waals surface area (Å²) in [6.45, 7) is 0.651. The minimum absolute atomic E-state index is 0.244. The predicted molar refractivity (Wildman–Crippen MR) is 64.5 cm³/mol. The first-order chi connectivity index (χ1) is 8.61. The van der Waals surface area contributed by atoms with E-state index in [9.17, 15) is 14.5 Å². The summed E-state index contributed by atoms with van der Waals surface area (Å²) in [6.07, 6.45) is 3.55. The van der Waals surface area contributed by atoms with Crippen LogP contribution in [0.1, 0.15) is 11.1 Å². The van der Waals surface area contributed by atoms with Crippen molar-refractivity contribution in [3.8, 4) is 0 Å². The summed E-state index contributed by atoms with van der Waals surface area (Å²) in [4.78, 5) is 9.90. The third kappa shape index (κ3) is 2.38. The summed E-state index contributed by atoms with van der Waals surface area (Å²) in [5.74, 6) is -0.787. The van der Waals surface area contributed by atoms with E-state index in [0.29, 0.717) is 6.54 Å². The van der Waals surface area contributed by atoms with Crippen LogP contribution in [0.25, 0.3) is 0 Å². The Labute approximate surface area is 103 Å². The topological polar surface area (TPSA) is 74.1 Å². The predicted octanol–water partition coefficient (Wildman–Crippen LogP) is 2.04. The first-order valence-electron chi connectivity index (χ1n) is 5.38. The molecule has 0 aliphatic heterocycles. The zero-order chi connectivity index (χ0) is 13.1. The Balaban J connectivity index is 2.29. The van der Waals surface area contributed by atoms with Gasteiger partial charge in [-0.25, -0.2) is 0 Å². The van der Waals surface area contributed by atoms with E-state index in [-0.39, 0.29) is 12.1 Å². The minimum atomic E-state index is -0.787. The van der Waals surface area contributed by atoms with Crippen molar-refractivity contribution in [1.82, 2.24) is 4.57 Å². The molecule has 18 heavy (non-hydrogen) atoms. The van der Waals surface area contributed by atoms with Crippen molar-refractivity contribution in [3.05, 3.63) is 63.7 Å². The number of hydrogen-bond donors (Lipinski definition) is 1. The van der Waals surface area contributed by atoms with Gasteiger partial charge in [-0.1, -0.05) is 12.1 Å². The summed E-state index contributed by atoms with van der Waals surface area (Å²) in [5, 5.41) is 10.6. The third-order valence-electron chi connectivity index (χ3n) is 2.66. The Bertz CT molecular complexity index is 580. The van der Waals surface area contributed by atoms with Gasteiger partial charge in [-0.05, 0) is 11.6 Å². The fourth-order valence-corrected chi connectivity index (χ4v) is 1.74. The second kappa shape index (κ2) is 4.97. The van der Waals surface area contributed by atoms with Crippen LogP contribution in [0, 0.1) is 15.9 Å². The van der Waals surface area contributed by atoms with Crippen LogP contribution in [0.5, 0.6) is 0 Å². The molecule has 0 amide bonds. The molecule has 1 aromatic carbocycles. The number of hydrogen-bond acceptors (Lipinski definition) is 3. The fourth-order valence-electron chi connectivity index (χ4n) is 1.74. The van der Waals surface area contributed by atoms with E-state index in [1.165, 1.54) is 12.1 Å². The van der Waals surface area contributed by atoms with Crippen molar-refractivity contribution in [2.75, 3.05) is 0 Å². The van der Waals surface area contributed by atoms with Crippen LogP contribution in [0.3, 0.4) is 0 Å². The number of nitrogens with zero attached hydrogens (tertiary/aromatic N) is 2. The molecule has 2 aromatic rings. The van der Waals surface area contributed by atoms with Gasteiger partial charge in [-0.2, -0.15) is 4.39 Å². The highest BCUT2D eigenvalue weighted by molar-refractivity contribution is 5.37. The Kier molecular flexibility index (Phi) is 3.38. The molecule has 0 fully saturated rings. The maximum Gasteiger partial charge on any atom is 0.305 e. The second-order valence-electron chi connectivity index (χ2n) is 3.90. The number of aromatic nitrogens is 1. The number of nitro benzene ring substituents is 1. The molecule has 0 unspecified atom stereocenters. The van der Waals surface area contributed by atoms with Crippen LogP contribution in [-0.2, 0) is 13.1 Å². The van der Waals surface area contributed by atoms with Crippen molar-refractivity contribution in [2.24, 2.45) is 5.73 Å². The largest absolute Gasteiger partial charge is 0.349 e. The second-order valence-corrected chi connectivity index (χ2v) is 3.90. The Hall–Kier alpha value is -2.21. The summed E-state index contributed by atoms with van der Waals surface area (Å²) in [7, 11) is 0. The lowest BCUT2D eigenvalue weighted by Gasteiger charge is -2.05. The van der Waals surface area contributed by atoms with E-state index in [1.807, 2.05) is 6.07 Å². The molecule has 0 atom stereocenters. The third-order valence-corrected chi connectivity index (χ3v) is 2.66. The molecule has 0 spiro atoms. The first-order valence-corrected chi connectivity index (χ1v) is 5.38. The monoisotopic (exact) mass is 249 g/mol. The Morgan fingerprint density at radius 3 is 2.78 bits per heavy atom. The van der Waals surface area contributed by atoms with E-state index in [1.54, 1.807) is 17.0 Å². The lowest BCUT2D eigenvalue weighted by Crippen LogP contribution is -2.02. The minimum Gasteiger partial charge on any atom is -0.349 e. The fraction of sp³-hybridized carbons (Fsp3) is 0.167. The standard InChI is InChI=1S/C12H12FN3O2/c13-12-10(2-1-3-11(12)16(17)18)8-15-5-4-9(6-14)7-15/h1-5,7H,6,8,14H2. The van der Waals surface area contributed by atoms with Crippen molar-refractivity contribution >= 4 is 5.69 Å². The van der Waals surface area contributed by atoms with E-state index >= 15 is 0 Å². The van der Waals surface area contributed by atoms with Gasteiger partial charge < -0.3 is 10.3 Å². The molecule has 2 rings (SSSR count). The SMILES string of the molecule is NCc1ccn(Cc2cccc([N+](=O)[O-])c2F)c1. The molecule has 1 aromatic heterocycles. The van der Waals surface area contributed by atoms with Crippen molar-refractivity contribution in [1.29, 1.82) is 0 Å². The number of nitro groups is 1. The van der Waals surface area contributed by atoms with Crippen LogP contribution in [0.2, 0.25) is 0 Å². The summed E-state index contributed by atoms with van der Waals surface area (Å²) >= 11 is 0. The van der Waals surface area contributed by atoms with Gasteiger partial charge >= 0.3 is 5.69 Å². The van der Waals surface area contributed by atoms with Gasteiger partial charge in [0, 0.05) is 30.6 Å². The molecule has 2 N–H and O–H groups in total. The highest BCUT2D eigenvalue weighted by Gasteiger charge is 2.17. The zero-order valence-corrected chi connectivity index (χ0v) is 9.54. The van der Waals surface area contributed by atoms with Gasteiger partial charge in [0.2, 0.25) is 5.82 Å². The van der Waals surface area contributed by atoms with E-state index < -0.39 is 16.4 Å². The lowest BCUT2D eigenvalue weighted by molar-refractivity contribution is -0.387. The van der Waals surface area contributed by atoms with Gasteiger partial charge in [0.1, 0.15) is 0 Å². The molecule has 1 heterocycles. The quantitative estimate of drug-likeness (QED) is 0.665. The van der Waals surface area contributed by atoms with Crippen molar-refractivity contribution < 1.29 is 9.31 Å². The average molecular weight is 249 g/mol. The molecule has 0 aliphatic carbocycles. The Morgan fingerprint density at radius 1 is 1.39 bits per heavy atom. The Morgan fingerprint density at radius 2 is 2.17 bits per heavy atom. The molecule has 0 aliphatic rings. The number of rotatable bonds is 4. The highest BCUT2D eigenvalue weighted by atomic mass is 19.1. The molecular weight excluding hydrogens is 237 g/mol. The molecule has 0 saturated carbocycles. The molecule has 0 bridgehead atoms. The average Bonchev–Trinajstić information content (AvgIpc) is 2.79. The van der Waals surface area contributed by atoms with Crippen LogP contribution in [0.15, 0.2) is 36.7 Å². The van der Waals surface area contributed by atoms with Crippen LogP contribution in [-0.4, -0.2) is 9.49 Å². The van der Waals surface area contributed by atoms with Crippen LogP contribution in [0.4, 0.5) is 10.1 Å². The molecule has 0 saturated heterocycles. The maximum atomic E-state index is 13.8. The zero-order valence-electron chi connectivity index (χ0n) is 9.54. The number of benzene rings is 1. The maximum absolute atomic E-state index is 13.8. The number of halogens is 1. The van der Waals surface area contributed by atoms with E-state index in [0.717, 1.165) is 11.6 Å². The van der Waals surface area contributed by atoms with Crippen molar-refractivity contribution in [3.63, 3.8) is 0 Å². The number of nitrogens with two attached hydrogens (primary N) is 1. The van der Waals surface area contributed by atoms with Gasteiger partial charge in [0.05, 0.1) is 11.5 Å². The lowest BCUT2D eigenvalue weighted by atomic mass is 10.2. The molecular formula is C12H12FN3O2. The van der Waals surface area contributed by atoms with Crippen LogP contribution < -0.4 is 5.73 Å². The van der Waals surface area contributed by atoms with Gasteiger partial charge in [-0.3, -0.25) is 10.1 Å². The van der Waals surface area contributed by atoms with Crippen molar-refractivity contribution in [2.45, 2.75) is 13.1 Å². The van der Waals surface area contributed by atoms with Gasteiger partial charge in [-0.15, -0.1) is 0 Å². The smallest absolute Gasteiger partial charge is 0.305 e. The van der Waals surface area contributed by atoms with Crippen LogP contribution >= 0.6 is 0 Å². The van der Waals surface area contributed by atoms with E-state index in [2.05, 4.69) is 0 Å². The van der Waals surface area contributed by atoms with Gasteiger partial charge in [0.15, 0.2) is 0 Å². The molecule has 94 valence electrons. The van der Waals surface area contributed by atoms with Gasteiger partial charge in [0.25, 0.3) is 0 Å². The molecule has 0 radical (unpaired) electrons.